The van der Waals surface area contributed by atoms with Gasteiger partial charge in [0.05, 0.1) is 5.69 Å². The number of hydrogen-bond acceptors (Lipinski definition) is 3. The van der Waals surface area contributed by atoms with E-state index in [4.69, 9.17) is 0 Å². The summed E-state index contributed by atoms with van der Waals surface area (Å²) in [5, 5.41) is 7.48. The zero-order chi connectivity index (χ0) is 16.2. The monoisotopic (exact) mass is 318 g/mol. The van der Waals surface area contributed by atoms with E-state index in [0.29, 0.717) is 5.69 Å². The van der Waals surface area contributed by atoms with Gasteiger partial charge in [-0.1, -0.05) is 19.3 Å². The largest absolute Gasteiger partial charge is 0.347 e. The van der Waals surface area contributed by atoms with Crippen molar-refractivity contribution in [3.05, 3.63) is 17.5 Å². The summed E-state index contributed by atoms with van der Waals surface area (Å²) in [5.41, 5.74) is 1.55. The summed E-state index contributed by atoms with van der Waals surface area (Å²) in [6.45, 7) is 5.33. The van der Waals surface area contributed by atoms with Crippen LogP contribution in [0.4, 0.5) is 0 Å². The molecule has 128 valence electrons. The summed E-state index contributed by atoms with van der Waals surface area (Å²) >= 11 is 0. The Morgan fingerprint density at radius 2 is 2.04 bits per heavy atom. The fraction of sp³-hybridized carbons (Fsp3) is 0.778. The number of carbonyl (C=O) groups excluding carboxylic acids is 1. The SMILES string of the molecule is Cc1cc(C(=O)N[C@H]2CCCN(CC3CCCCC3)C2)n(C)n1. The molecule has 2 heterocycles. The van der Waals surface area contributed by atoms with E-state index in [0.717, 1.165) is 24.6 Å². The third-order valence-electron chi connectivity index (χ3n) is 5.32. The molecule has 2 fully saturated rings. The van der Waals surface area contributed by atoms with E-state index in [1.165, 1.54) is 51.6 Å². The van der Waals surface area contributed by atoms with Gasteiger partial charge in [0.1, 0.15) is 5.69 Å². The highest BCUT2D eigenvalue weighted by Gasteiger charge is 2.25. The van der Waals surface area contributed by atoms with Gasteiger partial charge >= 0.3 is 0 Å². The number of likely N-dealkylation sites (tertiary alicyclic amines) is 1. The number of amides is 1. The molecule has 1 atom stereocenters. The van der Waals surface area contributed by atoms with Crippen LogP contribution in [0.25, 0.3) is 0 Å². The van der Waals surface area contributed by atoms with E-state index < -0.39 is 0 Å². The Morgan fingerprint density at radius 1 is 1.26 bits per heavy atom. The van der Waals surface area contributed by atoms with Gasteiger partial charge in [0.15, 0.2) is 0 Å². The maximum Gasteiger partial charge on any atom is 0.269 e. The molecule has 0 bridgehead atoms. The third-order valence-corrected chi connectivity index (χ3v) is 5.32. The van der Waals surface area contributed by atoms with Crippen molar-refractivity contribution in [1.29, 1.82) is 0 Å². The van der Waals surface area contributed by atoms with Crippen LogP contribution in [0.3, 0.4) is 0 Å². The first kappa shape index (κ1) is 16.5. The topological polar surface area (TPSA) is 50.2 Å². The third kappa shape index (κ3) is 4.34. The predicted molar refractivity (Wildman–Crippen MR) is 91.4 cm³/mol. The number of nitrogens with one attached hydrogen (secondary N) is 1. The maximum absolute atomic E-state index is 12.5. The van der Waals surface area contributed by atoms with E-state index in [1.807, 2.05) is 20.0 Å². The highest BCUT2D eigenvalue weighted by molar-refractivity contribution is 5.92. The molecule has 3 rings (SSSR count). The first-order valence-electron chi connectivity index (χ1n) is 9.15. The molecule has 1 aliphatic carbocycles. The fourth-order valence-electron chi connectivity index (χ4n) is 4.16. The normalized spacial score (nSPS) is 23.8. The van der Waals surface area contributed by atoms with Crippen molar-refractivity contribution in [3.8, 4) is 0 Å². The van der Waals surface area contributed by atoms with Crippen LogP contribution >= 0.6 is 0 Å². The van der Waals surface area contributed by atoms with Crippen LogP contribution < -0.4 is 5.32 Å². The molecule has 1 saturated heterocycles. The molecule has 0 aromatic carbocycles. The average Bonchev–Trinajstić information content (AvgIpc) is 2.87. The van der Waals surface area contributed by atoms with E-state index in [1.54, 1.807) is 4.68 Å². The Balaban J connectivity index is 1.51. The maximum atomic E-state index is 12.5. The second-order valence-corrected chi connectivity index (χ2v) is 7.37. The highest BCUT2D eigenvalue weighted by atomic mass is 16.2. The van der Waals surface area contributed by atoms with Gasteiger partial charge in [-0.15, -0.1) is 0 Å². The Kier molecular flexibility index (Phi) is 5.36. The highest BCUT2D eigenvalue weighted by Crippen LogP contribution is 2.25. The van der Waals surface area contributed by atoms with Crippen LogP contribution in [0.2, 0.25) is 0 Å². The van der Waals surface area contributed by atoms with Crippen LogP contribution in [0.15, 0.2) is 6.07 Å². The van der Waals surface area contributed by atoms with Crippen molar-refractivity contribution < 1.29 is 4.79 Å². The number of rotatable bonds is 4. The Labute approximate surface area is 139 Å². The molecule has 5 nitrogen and oxygen atoms in total. The number of aromatic nitrogens is 2. The summed E-state index contributed by atoms with van der Waals surface area (Å²) in [7, 11) is 1.83. The number of nitrogens with zero attached hydrogens (tertiary/aromatic N) is 3. The van der Waals surface area contributed by atoms with E-state index >= 15 is 0 Å². The smallest absolute Gasteiger partial charge is 0.269 e. The summed E-state index contributed by atoms with van der Waals surface area (Å²) in [6.07, 6.45) is 9.27. The van der Waals surface area contributed by atoms with Gasteiger partial charge in [0.2, 0.25) is 0 Å². The van der Waals surface area contributed by atoms with Gasteiger partial charge < -0.3 is 10.2 Å². The molecular weight excluding hydrogens is 288 g/mol. The van der Waals surface area contributed by atoms with Gasteiger partial charge in [-0.2, -0.15) is 5.10 Å². The summed E-state index contributed by atoms with van der Waals surface area (Å²) in [6, 6.07) is 2.13. The Morgan fingerprint density at radius 3 is 2.74 bits per heavy atom. The van der Waals surface area contributed by atoms with Gasteiger partial charge in [0.25, 0.3) is 5.91 Å². The molecular formula is C18H30N4O. The summed E-state index contributed by atoms with van der Waals surface area (Å²) in [4.78, 5) is 15.0. The van der Waals surface area contributed by atoms with Gasteiger partial charge in [0, 0.05) is 26.2 Å². The molecule has 0 spiro atoms. The quantitative estimate of drug-likeness (QED) is 0.928. The molecule has 1 N–H and O–H groups in total. The predicted octanol–water partition coefficient (Wildman–Crippen LogP) is 2.50. The van der Waals surface area contributed by atoms with Crippen molar-refractivity contribution in [2.75, 3.05) is 19.6 Å². The van der Waals surface area contributed by atoms with Crippen LogP contribution in [0, 0.1) is 12.8 Å². The lowest BCUT2D eigenvalue weighted by atomic mass is 9.88. The Bertz CT molecular complexity index is 533. The fourth-order valence-corrected chi connectivity index (χ4v) is 4.16. The summed E-state index contributed by atoms with van der Waals surface area (Å²) < 4.78 is 1.67. The molecule has 5 heteroatoms. The Hall–Kier alpha value is -1.36. The van der Waals surface area contributed by atoms with Crippen LogP contribution in [0.1, 0.15) is 61.1 Å². The molecule has 1 aromatic heterocycles. The van der Waals surface area contributed by atoms with Crippen molar-refractivity contribution in [2.24, 2.45) is 13.0 Å². The second kappa shape index (κ2) is 7.47. The first-order valence-corrected chi connectivity index (χ1v) is 9.15. The lowest BCUT2D eigenvalue weighted by Crippen LogP contribution is -2.49. The van der Waals surface area contributed by atoms with E-state index in [-0.39, 0.29) is 11.9 Å². The standard InChI is InChI=1S/C18H30N4O/c1-14-11-17(21(2)20-14)18(23)19-16-9-6-10-22(13-16)12-15-7-4-3-5-8-15/h11,15-16H,3-10,12-13H2,1-2H3,(H,19,23)/t16-/m0/s1. The van der Waals surface area contributed by atoms with Gasteiger partial charge in [-0.05, 0) is 51.1 Å². The van der Waals surface area contributed by atoms with Crippen molar-refractivity contribution in [2.45, 2.75) is 57.9 Å². The molecule has 0 unspecified atom stereocenters. The molecule has 23 heavy (non-hydrogen) atoms. The minimum absolute atomic E-state index is 0.0117. The number of hydrogen-bond donors (Lipinski definition) is 1. The summed E-state index contributed by atoms with van der Waals surface area (Å²) in [5.74, 6) is 0.885. The lowest BCUT2D eigenvalue weighted by Gasteiger charge is -2.36. The zero-order valence-electron chi connectivity index (χ0n) is 14.6. The number of aryl methyl sites for hydroxylation is 2. The van der Waals surface area contributed by atoms with Crippen molar-refractivity contribution >= 4 is 5.91 Å². The molecule has 1 saturated carbocycles. The minimum Gasteiger partial charge on any atom is -0.347 e. The number of carbonyl (C=O) groups is 1. The van der Waals surface area contributed by atoms with Crippen LogP contribution in [-0.4, -0.2) is 46.3 Å². The first-order chi connectivity index (χ1) is 11.1. The molecule has 0 radical (unpaired) electrons. The number of piperidine rings is 1. The van der Waals surface area contributed by atoms with E-state index in [2.05, 4.69) is 15.3 Å². The molecule has 1 aromatic rings. The van der Waals surface area contributed by atoms with Crippen LogP contribution in [-0.2, 0) is 7.05 Å². The molecule has 1 amide bonds. The van der Waals surface area contributed by atoms with Gasteiger partial charge in [-0.25, -0.2) is 0 Å². The average molecular weight is 318 g/mol. The van der Waals surface area contributed by atoms with Crippen LogP contribution in [0.5, 0.6) is 0 Å². The van der Waals surface area contributed by atoms with Crippen molar-refractivity contribution in [3.63, 3.8) is 0 Å². The van der Waals surface area contributed by atoms with E-state index in [9.17, 15) is 4.79 Å². The van der Waals surface area contributed by atoms with Gasteiger partial charge in [-0.3, -0.25) is 9.48 Å². The second-order valence-electron chi connectivity index (χ2n) is 7.37. The molecule has 1 aliphatic heterocycles. The zero-order valence-corrected chi connectivity index (χ0v) is 14.6. The minimum atomic E-state index is 0.0117. The lowest BCUT2D eigenvalue weighted by molar-refractivity contribution is 0.0880. The molecule has 2 aliphatic rings. The van der Waals surface area contributed by atoms with Crippen molar-refractivity contribution in [1.82, 2.24) is 20.0 Å².